The van der Waals surface area contributed by atoms with Crippen molar-refractivity contribution in [2.24, 2.45) is 0 Å². The summed E-state index contributed by atoms with van der Waals surface area (Å²) >= 11 is 0. The number of rotatable bonds is 5. The molecule has 0 aromatic heterocycles. The van der Waals surface area contributed by atoms with E-state index in [1.807, 2.05) is 21.1 Å². The Balaban J connectivity index is 4.24. The molecule has 82 valence electrons. The van der Waals surface area contributed by atoms with Crippen molar-refractivity contribution < 1.29 is 19.2 Å². The molecule has 0 fully saturated rings. The number of hydrogen-bond donors (Lipinski definition) is 1. The maximum absolute atomic E-state index is 10.8. The molecule has 0 aromatic rings. The summed E-state index contributed by atoms with van der Waals surface area (Å²) in [7, 11) is 5.80. The van der Waals surface area contributed by atoms with Crippen LogP contribution in [0.2, 0.25) is 0 Å². The Kier molecular flexibility index (Phi) is 4.56. The van der Waals surface area contributed by atoms with E-state index in [2.05, 4.69) is 5.32 Å². The number of aliphatic carboxylic acids is 1. The van der Waals surface area contributed by atoms with E-state index < -0.39 is 5.97 Å². The number of hydrogen-bond acceptors (Lipinski definition) is 3. The minimum Gasteiger partial charge on any atom is -0.550 e. The minimum absolute atomic E-state index is 0.144. The van der Waals surface area contributed by atoms with Crippen LogP contribution < -0.4 is 10.4 Å². The minimum atomic E-state index is -1.14. The molecule has 1 N–H and O–H groups in total. The van der Waals surface area contributed by atoms with Gasteiger partial charge in [0.25, 0.3) is 0 Å². The Morgan fingerprint density at radius 3 is 2.14 bits per heavy atom. The lowest BCUT2D eigenvalue weighted by Gasteiger charge is -2.29. The predicted octanol–water partition coefficient (Wildman–Crippen LogP) is -1.66. The van der Waals surface area contributed by atoms with Crippen molar-refractivity contribution in [2.45, 2.75) is 19.4 Å². The van der Waals surface area contributed by atoms with Gasteiger partial charge < -0.3 is 19.7 Å². The maximum Gasteiger partial charge on any atom is 0.217 e. The van der Waals surface area contributed by atoms with E-state index in [9.17, 15) is 14.7 Å². The van der Waals surface area contributed by atoms with Gasteiger partial charge in [0.05, 0.1) is 33.7 Å². The predicted molar refractivity (Wildman–Crippen MR) is 50.1 cm³/mol. The summed E-state index contributed by atoms with van der Waals surface area (Å²) in [5.41, 5.74) is 0. The van der Waals surface area contributed by atoms with Crippen LogP contribution >= 0.6 is 0 Å². The zero-order valence-corrected chi connectivity index (χ0v) is 9.16. The zero-order chi connectivity index (χ0) is 11.4. The highest BCUT2D eigenvalue weighted by Crippen LogP contribution is 1.99. The molecule has 14 heavy (non-hydrogen) atoms. The van der Waals surface area contributed by atoms with Gasteiger partial charge in [0, 0.05) is 19.3 Å². The number of nitrogens with one attached hydrogen (secondary N) is 1. The fourth-order valence-electron chi connectivity index (χ4n) is 1.31. The van der Waals surface area contributed by atoms with Gasteiger partial charge in [0.1, 0.15) is 0 Å². The van der Waals surface area contributed by atoms with E-state index in [-0.39, 0.29) is 18.4 Å². The molecule has 0 bridgehead atoms. The first-order valence-corrected chi connectivity index (χ1v) is 4.48. The van der Waals surface area contributed by atoms with Crippen molar-refractivity contribution in [3.63, 3.8) is 0 Å². The van der Waals surface area contributed by atoms with Crippen molar-refractivity contribution in [1.29, 1.82) is 0 Å². The molecule has 0 heterocycles. The highest BCUT2D eigenvalue weighted by Gasteiger charge is 2.18. The lowest BCUT2D eigenvalue weighted by Crippen LogP contribution is -2.50. The Morgan fingerprint density at radius 2 is 1.86 bits per heavy atom. The number of carbonyl (C=O) groups is 2. The molecule has 1 amide bonds. The van der Waals surface area contributed by atoms with Crippen LogP contribution in [-0.4, -0.2) is 50.1 Å². The molecule has 0 saturated heterocycles. The largest absolute Gasteiger partial charge is 0.550 e. The summed E-state index contributed by atoms with van der Waals surface area (Å²) in [5.74, 6) is -1.36. The summed E-state index contributed by atoms with van der Waals surface area (Å²) < 4.78 is 0.595. The van der Waals surface area contributed by atoms with Crippen LogP contribution in [0.15, 0.2) is 0 Å². The number of likely N-dealkylation sites (N-methyl/N-ethyl adjacent to an activating group) is 1. The number of quaternary nitrogens is 1. The number of carboxylic acid groups (broad SMARTS) is 1. The molecule has 0 saturated carbocycles. The highest BCUT2D eigenvalue weighted by molar-refractivity contribution is 5.74. The van der Waals surface area contributed by atoms with Crippen molar-refractivity contribution >= 4 is 11.9 Å². The molecule has 0 rings (SSSR count). The quantitative estimate of drug-likeness (QED) is 0.542. The third-order valence-corrected chi connectivity index (χ3v) is 1.59. The third kappa shape index (κ3) is 7.54. The van der Waals surface area contributed by atoms with Crippen molar-refractivity contribution in [3.05, 3.63) is 0 Å². The van der Waals surface area contributed by atoms with E-state index in [0.717, 1.165) is 0 Å². The van der Waals surface area contributed by atoms with Crippen molar-refractivity contribution in [3.8, 4) is 0 Å². The Labute approximate surface area is 84.3 Å². The molecule has 0 aliphatic rings. The number of nitrogens with zero attached hydrogens (tertiary/aromatic N) is 1. The molecule has 1 unspecified atom stereocenters. The van der Waals surface area contributed by atoms with Crippen LogP contribution in [0.4, 0.5) is 0 Å². The van der Waals surface area contributed by atoms with E-state index in [4.69, 9.17) is 0 Å². The van der Waals surface area contributed by atoms with E-state index in [1.54, 1.807) is 0 Å². The first kappa shape index (κ1) is 12.9. The molecule has 1 atom stereocenters. The normalized spacial score (nSPS) is 13.4. The smallest absolute Gasteiger partial charge is 0.217 e. The Bertz CT molecular complexity index is 205. The van der Waals surface area contributed by atoms with Gasteiger partial charge in [-0.25, -0.2) is 0 Å². The Hall–Kier alpha value is -1.10. The first-order chi connectivity index (χ1) is 6.20. The van der Waals surface area contributed by atoms with Gasteiger partial charge in [-0.3, -0.25) is 4.79 Å². The van der Waals surface area contributed by atoms with Crippen LogP contribution in [0, 0.1) is 0 Å². The van der Waals surface area contributed by atoms with E-state index >= 15 is 0 Å². The van der Waals surface area contributed by atoms with Gasteiger partial charge in [-0.2, -0.15) is 0 Å². The lowest BCUT2D eigenvalue weighted by molar-refractivity contribution is -0.871. The van der Waals surface area contributed by atoms with Gasteiger partial charge in [0.15, 0.2) is 0 Å². The van der Waals surface area contributed by atoms with Gasteiger partial charge in [-0.05, 0) is 0 Å². The van der Waals surface area contributed by atoms with Crippen LogP contribution in [0.25, 0.3) is 0 Å². The fourth-order valence-corrected chi connectivity index (χ4v) is 1.31. The van der Waals surface area contributed by atoms with Gasteiger partial charge in [0.2, 0.25) is 5.91 Å². The molecule has 0 aliphatic heterocycles. The van der Waals surface area contributed by atoms with Crippen molar-refractivity contribution in [2.75, 3.05) is 27.7 Å². The molecule has 0 radical (unpaired) electrons. The van der Waals surface area contributed by atoms with Crippen LogP contribution in [0.5, 0.6) is 0 Å². The SMILES string of the molecule is CC(=O)NC(CC(=O)[O-])C[N+](C)(C)C. The Morgan fingerprint density at radius 1 is 1.36 bits per heavy atom. The third-order valence-electron chi connectivity index (χ3n) is 1.59. The second kappa shape index (κ2) is 4.95. The second-order valence-corrected chi connectivity index (χ2v) is 4.45. The van der Waals surface area contributed by atoms with E-state index in [0.29, 0.717) is 11.0 Å². The molecule has 0 aromatic carbocycles. The molecule has 5 heteroatoms. The molecular weight excluding hydrogens is 184 g/mol. The molecule has 5 nitrogen and oxygen atoms in total. The highest BCUT2D eigenvalue weighted by atomic mass is 16.4. The summed E-state index contributed by atoms with van der Waals surface area (Å²) in [5, 5.41) is 13.0. The van der Waals surface area contributed by atoms with Gasteiger partial charge in [-0.1, -0.05) is 0 Å². The summed E-state index contributed by atoms with van der Waals surface area (Å²) in [4.78, 5) is 21.2. The average Bonchev–Trinajstić information content (AvgIpc) is 1.77. The zero-order valence-electron chi connectivity index (χ0n) is 9.16. The monoisotopic (exact) mass is 202 g/mol. The summed E-state index contributed by atoms with van der Waals surface area (Å²) in [6.07, 6.45) is -0.144. The summed E-state index contributed by atoms with van der Waals surface area (Å²) in [6, 6.07) is -0.363. The second-order valence-electron chi connectivity index (χ2n) is 4.45. The molecule has 0 spiro atoms. The summed E-state index contributed by atoms with van der Waals surface area (Å²) in [6.45, 7) is 1.94. The van der Waals surface area contributed by atoms with Crippen LogP contribution in [0.3, 0.4) is 0 Å². The topological polar surface area (TPSA) is 69.2 Å². The van der Waals surface area contributed by atoms with Gasteiger partial charge in [-0.15, -0.1) is 0 Å². The maximum atomic E-state index is 10.8. The van der Waals surface area contributed by atoms with Crippen LogP contribution in [-0.2, 0) is 9.59 Å². The lowest BCUT2D eigenvalue weighted by atomic mass is 10.2. The standard InChI is InChI=1S/C9H18N2O3/c1-7(12)10-8(5-9(13)14)6-11(2,3)4/h8H,5-6H2,1-4H3,(H-,10,12,13,14). The fraction of sp³-hybridized carbons (Fsp3) is 0.778. The average molecular weight is 202 g/mol. The molecular formula is C9H18N2O3. The number of carbonyl (C=O) groups excluding carboxylic acids is 2. The number of carboxylic acids is 1. The van der Waals surface area contributed by atoms with E-state index in [1.165, 1.54) is 6.92 Å². The first-order valence-electron chi connectivity index (χ1n) is 4.48. The van der Waals surface area contributed by atoms with Gasteiger partial charge >= 0.3 is 0 Å². The van der Waals surface area contributed by atoms with Crippen LogP contribution in [0.1, 0.15) is 13.3 Å². The van der Waals surface area contributed by atoms with Crippen molar-refractivity contribution in [1.82, 2.24) is 5.32 Å². The number of amides is 1. The molecule has 0 aliphatic carbocycles.